The lowest BCUT2D eigenvalue weighted by molar-refractivity contribution is 0.319. The van der Waals surface area contributed by atoms with Crippen LogP contribution in [0, 0.1) is 11.3 Å². The highest BCUT2D eigenvalue weighted by atomic mass is 16.5. The maximum absolute atomic E-state index is 9.09. The highest BCUT2D eigenvalue weighted by molar-refractivity contribution is 5.79. The summed E-state index contributed by atoms with van der Waals surface area (Å²) in [5.41, 5.74) is 8.69. The number of nitrogen functional groups attached to an aromatic ring is 1. The number of ether oxygens (including phenoxy) is 1. The molecule has 0 fully saturated rings. The van der Waals surface area contributed by atoms with Crippen LogP contribution in [0.5, 0.6) is 5.75 Å². The van der Waals surface area contributed by atoms with E-state index in [0.717, 1.165) is 17.8 Å². The number of hydrogen-bond donors (Lipinski definition) is 2. The lowest BCUT2D eigenvalue weighted by Crippen LogP contribution is -2.02. The Morgan fingerprint density at radius 2 is 1.90 bits per heavy atom. The Hall–Kier alpha value is -2.67. The molecule has 0 spiro atoms. The monoisotopic (exact) mass is 267 g/mol. The number of nitriles is 1. The van der Waals surface area contributed by atoms with Gasteiger partial charge in [0.1, 0.15) is 11.8 Å². The van der Waals surface area contributed by atoms with Crippen LogP contribution in [-0.4, -0.2) is 6.61 Å². The summed E-state index contributed by atoms with van der Waals surface area (Å²) < 4.78 is 5.59. The number of para-hydroxylation sites is 2. The van der Waals surface area contributed by atoms with Crippen LogP contribution in [0.25, 0.3) is 0 Å². The minimum atomic E-state index is 0.550. The summed E-state index contributed by atoms with van der Waals surface area (Å²) in [4.78, 5) is 0. The van der Waals surface area contributed by atoms with Crippen LogP contribution < -0.4 is 15.8 Å². The highest BCUT2D eigenvalue weighted by Gasteiger charge is 2.08. The van der Waals surface area contributed by atoms with Gasteiger partial charge < -0.3 is 15.8 Å². The molecule has 0 amide bonds. The second-order valence-corrected chi connectivity index (χ2v) is 4.35. The molecule has 0 aliphatic carbocycles. The molecule has 0 heterocycles. The minimum Gasteiger partial charge on any atom is -0.491 e. The second kappa shape index (κ2) is 6.48. The quantitative estimate of drug-likeness (QED) is 0.811. The molecule has 0 radical (unpaired) electrons. The van der Waals surface area contributed by atoms with Crippen molar-refractivity contribution in [2.24, 2.45) is 0 Å². The van der Waals surface area contributed by atoms with Gasteiger partial charge in [0.2, 0.25) is 0 Å². The van der Waals surface area contributed by atoms with Crippen LogP contribution in [-0.2, 0) is 0 Å². The Labute approximate surface area is 118 Å². The van der Waals surface area contributed by atoms with Crippen molar-refractivity contribution in [3.05, 3.63) is 48.0 Å². The van der Waals surface area contributed by atoms with Crippen molar-refractivity contribution in [3.63, 3.8) is 0 Å². The number of nitrogens with one attached hydrogen (secondary N) is 1. The number of nitrogens with two attached hydrogens (primary N) is 1. The van der Waals surface area contributed by atoms with Crippen LogP contribution >= 0.6 is 0 Å². The summed E-state index contributed by atoms with van der Waals surface area (Å²) in [6.07, 6.45) is 0.925. The van der Waals surface area contributed by atoms with E-state index in [-0.39, 0.29) is 0 Å². The fourth-order valence-corrected chi connectivity index (χ4v) is 1.83. The van der Waals surface area contributed by atoms with Gasteiger partial charge in [-0.25, -0.2) is 0 Å². The van der Waals surface area contributed by atoms with Crippen molar-refractivity contribution in [1.82, 2.24) is 0 Å². The Kier molecular flexibility index (Phi) is 4.46. The summed E-state index contributed by atoms with van der Waals surface area (Å²) in [7, 11) is 0. The highest BCUT2D eigenvalue weighted by Crippen LogP contribution is 2.32. The number of benzene rings is 2. The van der Waals surface area contributed by atoms with E-state index in [1.807, 2.05) is 43.3 Å². The van der Waals surface area contributed by atoms with Gasteiger partial charge in [-0.05, 0) is 30.7 Å². The van der Waals surface area contributed by atoms with E-state index in [2.05, 4.69) is 11.4 Å². The van der Waals surface area contributed by atoms with Crippen molar-refractivity contribution < 1.29 is 4.74 Å². The van der Waals surface area contributed by atoms with E-state index in [1.165, 1.54) is 0 Å². The number of rotatable bonds is 5. The third-order valence-electron chi connectivity index (χ3n) is 2.84. The van der Waals surface area contributed by atoms with E-state index in [0.29, 0.717) is 23.6 Å². The van der Waals surface area contributed by atoms with Crippen molar-refractivity contribution in [2.75, 3.05) is 17.7 Å². The molecule has 4 heteroatoms. The summed E-state index contributed by atoms with van der Waals surface area (Å²) in [6, 6.07) is 15.0. The summed E-state index contributed by atoms with van der Waals surface area (Å²) >= 11 is 0. The molecule has 0 unspecified atom stereocenters. The number of hydrogen-bond acceptors (Lipinski definition) is 4. The molecule has 2 rings (SSSR count). The first-order chi connectivity index (χ1) is 9.76. The second-order valence-electron chi connectivity index (χ2n) is 4.35. The molecule has 0 aliphatic rings. The fourth-order valence-electron chi connectivity index (χ4n) is 1.83. The zero-order valence-corrected chi connectivity index (χ0v) is 11.4. The van der Waals surface area contributed by atoms with Crippen molar-refractivity contribution in [3.8, 4) is 11.8 Å². The van der Waals surface area contributed by atoms with E-state index in [9.17, 15) is 0 Å². The van der Waals surface area contributed by atoms with Crippen LogP contribution in [0.3, 0.4) is 0 Å². The number of nitrogens with zero attached hydrogens (tertiary/aromatic N) is 1. The van der Waals surface area contributed by atoms with E-state index in [1.54, 1.807) is 6.07 Å². The van der Waals surface area contributed by atoms with Crippen molar-refractivity contribution >= 4 is 17.1 Å². The predicted molar refractivity (Wildman–Crippen MR) is 81.1 cm³/mol. The predicted octanol–water partition coefficient (Wildman–Crippen LogP) is 3.67. The molecular formula is C16H17N3O. The average molecular weight is 267 g/mol. The van der Waals surface area contributed by atoms with Gasteiger partial charge in [-0.15, -0.1) is 0 Å². The van der Waals surface area contributed by atoms with Gasteiger partial charge in [0.25, 0.3) is 0 Å². The Morgan fingerprint density at radius 1 is 1.15 bits per heavy atom. The van der Waals surface area contributed by atoms with Gasteiger partial charge in [0.15, 0.2) is 0 Å². The molecule has 0 atom stereocenters. The molecule has 0 aliphatic heterocycles. The lowest BCUT2D eigenvalue weighted by Gasteiger charge is -2.14. The van der Waals surface area contributed by atoms with Crippen molar-refractivity contribution in [1.29, 1.82) is 5.26 Å². The Morgan fingerprint density at radius 3 is 2.65 bits per heavy atom. The van der Waals surface area contributed by atoms with Crippen molar-refractivity contribution in [2.45, 2.75) is 13.3 Å². The summed E-state index contributed by atoms with van der Waals surface area (Å²) in [5.74, 6) is 0.659. The Balaban J connectivity index is 2.28. The fraction of sp³-hybridized carbons (Fsp3) is 0.188. The molecule has 0 saturated carbocycles. The van der Waals surface area contributed by atoms with Gasteiger partial charge in [0.05, 0.1) is 29.2 Å². The first kappa shape index (κ1) is 13.8. The third-order valence-corrected chi connectivity index (χ3v) is 2.84. The topological polar surface area (TPSA) is 71.1 Å². The summed E-state index contributed by atoms with van der Waals surface area (Å²) in [5, 5.41) is 12.3. The maximum Gasteiger partial charge on any atom is 0.144 e. The minimum absolute atomic E-state index is 0.550. The first-order valence-electron chi connectivity index (χ1n) is 6.53. The molecule has 2 aromatic rings. The van der Waals surface area contributed by atoms with Crippen LogP contribution in [0.15, 0.2) is 42.5 Å². The van der Waals surface area contributed by atoms with Crippen LogP contribution in [0.1, 0.15) is 18.9 Å². The van der Waals surface area contributed by atoms with Gasteiger partial charge in [-0.2, -0.15) is 5.26 Å². The van der Waals surface area contributed by atoms with Crippen LogP contribution in [0.4, 0.5) is 17.1 Å². The molecule has 3 N–H and O–H groups in total. The van der Waals surface area contributed by atoms with Gasteiger partial charge >= 0.3 is 0 Å². The van der Waals surface area contributed by atoms with E-state index < -0.39 is 0 Å². The third kappa shape index (κ3) is 3.01. The lowest BCUT2D eigenvalue weighted by atomic mass is 10.1. The van der Waals surface area contributed by atoms with E-state index >= 15 is 0 Å². The first-order valence-corrected chi connectivity index (χ1v) is 6.53. The SMILES string of the molecule is CCCOc1cccc(Nc2ccccc2C#N)c1N. The zero-order valence-electron chi connectivity index (χ0n) is 11.4. The molecule has 0 aromatic heterocycles. The molecule has 2 aromatic carbocycles. The molecule has 0 bridgehead atoms. The maximum atomic E-state index is 9.09. The zero-order chi connectivity index (χ0) is 14.4. The van der Waals surface area contributed by atoms with Gasteiger partial charge in [0, 0.05) is 0 Å². The number of anilines is 3. The van der Waals surface area contributed by atoms with Gasteiger partial charge in [-0.3, -0.25) is 0 Å². The standard InChI is InChI=1S/C16H17N3O/c1-2-10-20-15-9-5-8-14(16(15)18)19-13-7-4-3-6-12(13)11-17/h3-9,19H,2,10,18H2,1H3. The molecule has 102 valence electrons. The smallest absolute Gasteiger partial charge is 0.144 e. The molecule has 4 nitrogen and oxygen atoms in total. The molecule has 20 heavy (non-hydrogen) atoms. The Bertz CT molecular complexity index is 632. The van der Waals surface area contributed by atoms with Gasteiger partial charge in [-0.1, -0.05) is 25.1 Å². The largest absolute Gasteiger partial charge is 0.491 e. The summed E-state index contributed by atoms with van der Waals surface area (Å²) in [6.45, 7) is 2.67. The molecular weight excluding hydrogens is 250 g/mol. The molecule has 0 saturated heterocycles. The van der Waals surface area contributed by atoms with Crippen LogP contribution in [0.2, 0.25) is 0 Å². The van der Waals surface area contributed by atoms with E-state index in [4.69, 9.17) is 15.7 Å². The normalized spacial score (nSPS) is 9.80. The average Bonchev–Trinajstić information content (AvgIpc) is 2.48.